The zero-order chi connectivity index (χ0) is 10.1. The van der Waals surface area contributed by atoms with Crippen LogP contribution in [0.3, 0.4) is 0 Å². The van der Waals surface area contributed by atoms with E-state index in [1.807, 2.05) is 0 Å². The van der Waals surface area contributed by atoms with Crippen LogP contribution >= 0.6 is 11.5 Å². The third kappa shape index (κ3) is 1.84. The lowest BCUT2D eigenvalue weighted by Gasteiger charge is -2.25. The molecule has 1 aromatic heterocycles. The number of carboxylic acids is 1. The number of rotatable bonds is 3. The molecule has 1 rings (SSSR count). The molecular formula is C7H11N3O2S. The molecule has 1 atom stereocenters. The number of carbonyl (C=O) groups is 1. The second-order valence-electron chi connectivity index (χ2n) is 3.33. The Labute approximate surface area is 79.7 Å². The van der Waals surface area contributed by atoms with Crippen LogP contribution in [0, 0.1) is 0 Å². The van der Waals surface area contributed by atoms with Gasteiger partial charge in [-0.15, -0.1) is 5.10 Å². The molecule has 1 heterocycles. The Balaban J connectivity index is 2.95. The molecule has 1 unspecified atom stereocenters. The van der Waals surface area contributed by atoms with Crippen molar-refractivity contribution >= 4 is 17.5 Å². The second kappa shape index (κ2) is 3.39. The average Bonchev–Trinajstić information content (AvgIpc) is 2.54. The third-order valence-corrected chi connectivity index (χ3v) is 2.57. The summed E-state index contributed by atoms with van der Waals surface area (Å²) in [6.45, 7) is 3.48. The van der Waals surface area contributed by atoms with Crippen LogP contribution in [-0.2, 0) is 10.2 Å². The Morgan fingerprint density at radius 3 is 2.77 bits per heavy atom. The van der Waals surface area contributed by atoms with Crippen molar-refractivity contribution < 1.29 is 9.90 Å². The fourth-order valence-electron chi connectivity index (χ4n) is 0.913. The van der Waals surface area contributed by atoms with E-state index in [2.05, 4.69) is 9.59 Å². The van der Waals surface area contributed by atoms with Crippen molar-refractivity contribution in [2.45, 2.75) is 25.3 Å². The summed E-state index contributed by atoms with van der Waals surface area (Å²) in [4.78, 5) is 10.7. The molecule has 1 aromatic rings. The lowest BCUT2D eigenvalue weighted by atomic mass is 9.82. The summed E-state index contributed by atoms with van der Waals surface area (Å²) in [6, 6.07) is -0.962. The molecule has 0 aromatic carbocycles. The molecule has 0 amide bonds. The van der Waals surface area contributed by atoms with Gasteiger partial charge in [-0.2, -0.15) is 0 Å². The lowest BCUT2D eigenvalue weighted by Crippen LogP contribution is -2.47. The number of aliphatic carboxylic acids is 1. The molecule has 0 bridgehead atoms. The summed E-state index contributed by atoms with van der Waals surface area (Å²) in [5.74, 6) is -1.03. The molecule has 0 aliphatic rings. The van der Waals surface area contributed by atoms with E-state index in [-0.39, 0.29) is 0 Å². The standard InChI is InChI=1S/C7H11N3O2S/c1-7(2,5(8)6(11)12)4-3-13-10-9-4/h3,5H,8H2,1-2H3,(H,11,12). The second-order valence-corrected chi connectivity index (χ2v) is 3.94. The van der Waals surface area contributed by atoms with Crippen LogP contribution < -0.4 is 5.73 Å². The fourth-order valence-corrected chi connectivity index (χ4v) is 1.55. The molecule has 0 spiro atoms. The van der Waals surface area contributed by atoms with E-state index >= 15 is 0 Å². The minimum absolute atomic E-state index is 0.618. The van der Waals surface area contributed by atoms with Crippen LogP contribution in [0.4, 0.5) is 0 Å². The van der Waals surface area contributed by atoms with Gasteiger partial charge in [-0.25, -0.2) is 0 Å². The molecule has 5 nitrogen and oxygen atoms in total. The van der Waals surface area contributed by atoms with Gasteiger partial charge in [-0.1, -0.05) is 18.3 Å². The van der Waals surface area contributed by atoms with Crippen LogP contribution in [0.25, 0.3) is 0 Å². The number of carboxylic acid groups (broad SMARTS) is 1. The molecule has 13 heavy (non-hydrogen) atoms. The van der Waals surface area contributed by atoms with Crippen molar-refractivity contribution in [1.29, 1.82) is 0 Å². The maximum Gasteiger partial charge on any atom is 0.321 e. The summed E-state index contributed by atoms with van der Waals surface area (Å²) in [7, 11) is 0. The van der Waals surface area contributed by atoms with Gasteiger partial charge < -0.3 is 10.8 Å². The maximum atomic E-state index is 10.7. The van der Waals surface area contributed by atoms with Crippen LogP contribution in [0.5, 0.6) is 0 Å². The Kier molecular flexibility index (Phi) is 2.63. The van der Waals surface area contributed by atoms with E-state index in [9.17, 15) is 4.79 Å². The summed E-state index contributed by atoms with van der Waals surface area (Å²) < 4.78 is 3.67. The van der Waals surface area contributed by atoms with Crippen molar-refractivity contribution in [3.8, 4) is 0 Å². The summed E-state index contributed by atoms with van der Waals surface area (Å²) in [6.07, 6.45) is 0. The summed E-state index contributed by atoms with van der Waals surface area (Å²) >= 11 is 1.19. The minimum atomic E-state index is -1.03. The number of hydrogen-bond acceptors (Lipinski definition) is 5. The highest BCUT2D eigenvalue weighted by Crippen LogP contribution is 2.24. The van der Waals surface area contributed by atoms with Gasteiger partial charge in [-0.3, -0.25) is 4.79 Å². The van der Waals surface area contributed by atoms with Crippen LogP contribution in [0.15, 0.2) is 5.38 Å². The van der Waals surface area contributed by atoms with E-state index < -0.39 is 17.4 Å². The normalized spacial score (nSPS) is 14.1. The SMILES string of the molecule is CC(C)(c1csnn1)C(N)C(=O)O. The zero-order valence-corrected chi connectivity index (χ0v) is 8.21. The Hall–Kier alpha value is -1.01. The van der Waals surface area contributed by atoms with E-state index in [1.54, 1.807) is 19.2 Å². The maximum absolute atomic E-state index is 10.7. The van der Waals surface area contributed by atoms with Crippen LogP contribution in [-0.4, -0.2) is 26.7 Å². The van der Waals surface area contributed by atoms with Crippen molar-refractivity contribution in [1.82, 2.24) is 9.59 Å². The monoisotopic (exact) mass is 201 g/mol. The van der Waals surface area contributed by atoms with Crippen LogP contribution in [0.1, 0.15) is 19.5 Å². The number of aromatic nitrogens is 2. The summed E-state index contributed by atoms with van der Waals surface area (Å²) in [5, 5.41) is 14.3. The highest BCUT2D eigenvalue weighted by Gasteiger charge is 2.35. The number of hydrogen-bond donors (Lipinski definition) is 2. The summed E-state index contributed by atoms with van der Waals surface area (Å²) in [5.41, 5.74) is 5.46. The van der Waals surface area contributed by atoms with Crippen LogP contribution in [0.2, 0.25) is 0 Å². The first-order valence-corrected chi connectivity index (χ1v) is 4.56. The number of nitrogens with two attached hydrogens (primary N) is 1. The van der Waals surface area contributed by atoms with Gasteiger partial charge in [0.25, 0.3) is 0 Å². The molecule has 72 valence electrons. The van der Waals surface area contributed by atoms with Gasteiger partial charge in [0, 0.05) is 10.8 Å². The van der Waals surface area contributed by atoms with E-state index in [0.29, 0.717) is 5.69 Å². The lowest BCUT2D eigenvalue weighted by molar-refractivity contribution is -0.140. The molecule has 6 heteroatoms. The molecule has 0 saturated heterocycles. The molecule has 0 fully saturated rings. The van der Waals surface area contributed by atoms with E-state index in [4.69, 9.17) is 10.8 Å². The molecule has 3 N–H and O–H groups in total. The molecular weight excluding hydrogens is 190 g/mol. The predicted molar refractivity (Wildman–Crippen MR) is 48.5 cm³/mol. The van der Waals surface area contributed by atoms with Gasteiger partial charge in [0.2, 0.25) is 0 Å². The molecule has 0 aliphatic heterocycles. The van der Waals surface area contributed by atoms with Gasteiger partial charge in [-0.05, 0) is 11.5 Å². The number of nitrogens with zero attached hydrogens (tertiary/aromatic N) is 2. The van der Waals surface area contributed by atoms with Crippen molar-refractivity contribution in [3.05, 3.63) is 11.1 Å². The predicted octanol–water partition coefficient (Wildman–Crippen LogP) is 0.228. The van der Waals surface area contributed by atoms with Crippen molar-refractivity contribution in [2.24, 2.45) is 5.73 Å². The largest absolute Gasteiger partial charge is 0.480 e. The third-order valence-electron chi connectivity index (χ3n) is 2.06. The van der Waals surface area contributed by atoms with Crippen molar-refractivity contribution in [3.63, 3.8) is 0 Å². The smallest absolute Gasteiger partial charge is 0.321 e. The van der Waals surface area contributed by atoms with Gasteiger partial charge in [0.05, 0.1) is 5.69 Å². The van der Waals surface area contributed by atoms with Gasteiger partial charge >= 0.3 is 5.97 Å². The quantitative estimate of drug-likeness (QED) is 0.730. The minimum Gasteiger partial charge on any atom is -0.480 e. The highest BCUT2D eigenvalue weighted by molar-refractivity contribution is 7.03. The Bertz CT molecular complexity index is 297. The zero-order valence-electron chi connectivity index (χ0n) is 7.39. The first kappa shape index (κ1) is 10.1. The van der Waals surface area contributed by atoms with Gasteiger partial charge in [0.15, 0.2) is 0 Å². The first-order chi connectivity index (χ1) is 5.96. The molecule has 0 radical (unpaired) electrons. The van der Waals surface area contributed by atoms with Crippen molar-refractivity contribution in [2.75, 3.05) is 0 Å². The molecule has 0 aliphatic carbocycles. The van der Waals surface area contributed by atoms with E-state index in [1.165, 1.54) is 11.5 Å². The van der Waals surface area contributed by atoms with E-state index in [0.717, 1.165) is 0 Å². The fraction of sp³-hybridized carbons (Fsp3) is 0.571. The topological polar surface area (TPSA) is 89.1 Å². The molecule has 0 saturated carbocycles. The van der Waals surface area contributed by atoms with Gasteiger partial charge in [0.1, 0.15) is 6.04 Å². The first-order valence-electron chi connectivity index (χ1n) is 3.72. The highest BCUT2D eigenvalue weighted by atomic mass is 32.1. The average molecular weight is 201 g/mol. The Morgan fingerprint density at radius 1 is 1.77 bits per heavy atom. The Morgan fingerprint density at radius 2 is 2.38 bits per heavy atom.